The number of hydrogen-bond acceptors (Lipinski definition) is 4. The van der Waals surface area contributed by atoms with Gasteiger partial charge in [-0.3, -0.25) is 5.10 Å². The fraction of sp³-hybridized carbons (Fsp3) is 0.625. The molecule has 2 atom stereocenters. The molecule has 1 aromatic heterocycles. The van der Waals surface area contributed by atoms with Gasteiger partial charge in [0.25, 0.3) is 0 Å². The van der Waals surface area contributed by atoms with Crippen molar-refractivity contribution in [2.24, 2.45) is 5.73 Å². The molecular weight excluding hydrogens is 216 g/mol. The summed E-state index contributed by atoms with van der Waals surface area (Å²) in [6, 6.07) is -0.303. The Morgan fingerprint density at radius 3 is 2.73 bits per heavy atom. The van der Waals surface area contributed by atoms with E-state index < -0.39 is 15.3 Å². The summed E-state index contributed by atoms with van der Waals surface area (Å²) >= 11 is 0. The fourth-order valence-electron chi connectivity index (χ4n) is 1.05. The Labute approximate surface area is 89.3 Å². The molecule has 86 valence electrons. The molecule has 4 N–H and O–H groups in total. The molecule has 0 radical (unpaired) electrons. The average Bonchev–Trinajstić information content (AvgIpc) is 2.68. The van der Waals surface area contributed by atoms with Crippen LogP contribution in [0, 0.1) is 0 Å². The van der Waals surface area contributed by atoms with Crippen molar-refractivity contribution in [3.8, 4) is 0 Å². The molecule has 0 amide bonds. The summed E-state index contributed by atoms with van der Waals surface area (Å²) in [5.41, 5.74) is 6.11. The first-order valence-corrected chi connectivity index (χ1v) is 6.22. The molecule has 0 aliphatic carbocycles. The molecule has 15 heavy (non-hydrogen) atoms. The number of H-pyrrole nitrogens is 1. The molecule has 7 heteroatoms. The maximum absolute atomic E-state index is 11.6. The molecule has 0 saturated heterocycles. The van der Waals surface area contributed by atoms with Crippen molar-refractivity contribution in [1.82, 2.24) is 14.9 Å². The van der Waals surface area contributed by atoms with Gasteiger partial charge in [-0.1, -0.05) is 0 Å². The predicted molar refractivity (Wildman–Crippen MR) is 57.6 cm³/mol. The van der Waals surface area contributed by atoms with E-state index in [9.17, 15) is 8.42 Å². The second kappa shape index (κ2) is 4.73. The van der Waals surface area contributed by atoms with Gasteiger partial charge in [0.2, 0.25) is 10.0 Å². The lowest BCUT2D eigenvalue weighted by Gasteiger charge is -2.16. The normalized spacial score (nSPS) is 16.2. The van der Waals surface area contributed by atoms with Crippen LogP contribution in [0.4, 0.5) is 0 Å². The number of aromatic amines is 1. The first-order chi connectivity index (χ1) is 6.97. The molecule has 0 aromatic carbocycles. The van der Waals surface area contributed by atoms with Gasteiger partial charge in [0.1, 0.15) is 0 Å². The van der Waals surface area contributed by atoms with Gasteiger partial charge in [0, 0.05) is 24.3 Å². The smallest absolute Gasteiger partial charge is 0.216 e. The monoisotopic (exact) mass is 232 g/mol. The lowest BCUT2D eigenvalue weighted by atomic mass is 10.2. The van der Waals surface area contributed by atoms with E-state index in [1.54, 1.807) is 26.2 Å². The van der Waals surface area contributed by atoms with Crippen molar-refractivity contribution in [1.29, 1.82) is 0 Å². The van der Waals surface area contributed by atoms with Gasteiger partial charge in [-0.05, 0) is 13.8 Å². The Morgan fingerprint density at radius 1 is 1.60 bits per heavy atom. The minimum absolute atomic E-state index is 0.105. The van der Waals surface area contributed by atoms with Crippen LogP contribution in [0.1, 0.15) is 25.5 Å². The Hall–Kier alpha value is -0.920. The van der Waals surface area contributed by atoms with Crippen LogP contribution in [0.25, 0.3) is 0 Å². The molecule has 0 bridgehead atoms. The van der Waals surface area contributed by atoms with Gasteiger partial charge >= 0.3 is 0 Å². The van der Waals surface area contributed by atoms with Crippen LogP contribution in [0.15, 0.2) is 12.4 Å². The van der Waals surface area contributed by atoms with Gasteiger partial charge in [-0.25, -0.2) is 13.1 Å². The number of nitrogens with zero attached hydrogens (tertiary/aromatic N) is 1. The zero-order chi connectivity index (χ0) is 11.5. The molecule has 0 aliphatic rings. The second-order valence-corrected chi connectivity index (χ2v) is 5.59. The summed E-state index contributed by atoms with van der Waals surface area (Å²) in [6.45, 7) is 3.43. The second-order valence-electron chi connectivity index (χ2n) is 3.46. The van der Waals surface area contributed by atoms with Gasteiger partial charge in [-0.15, -0.1) is 0 Å². The molecule has 6 nitrogen and oxygen atoms in total. The SMILES string of the molecule is CC(NS(=O)(=O)C(C)CN)c1cn[nH]c1. The van der Waals surface area contributed by atoms with Crippen molar-refractivity contribution >= 4 is 10.0 Å². The minimum Gasteiger partial charge on any atom is -0.329 e. The summed E-state index contributed by atoms with van der Waals surface area (Å²) in [5.74, 6) is 0. The van der Waals surface area contributed by atoms with Gasteiger partial charge in [-0.2, -0.15) is 5.10 Å². The summed E-state index contributed by atoms with van der Waals surface area (Å²) < 4.78 is 25.8. The van der Waals surface area contributed by atoms with Crippen LogP contribution in [0.2, 0.25) is 0 Å². The molecule has 0 spiro atoms. The van der Waals surface area contributed by atoms with Gasteiger partial charge in [0.05, 0.1) is 11.4 Å². The highest BCUT2D eigenvalue weighted by atomic mass is 32.2. The molecule has 2 unspecified atom stereocenters. The molecule has 0 saturated carbocycles. The lowest BCUT2D eigenvalue weighted by molar-refractivity contribution is 0.555. The minimum atomic E-state index is -3.35. The largest absolute Gasteiger partial charge is 0.329 e. The van der Waals surface area contributed by atoms with E-state index in [1.807, 2.05) is 0 Å². The van der Waals surface area contributed by atoms with Crippen LogP contribution >= 0.6 is 0 Å². The zero-order valence-corrected chi connectivity index (χ0v) is 9.58. The molecule has 1 heterocycles. The molecule has 1 aromatic rings. The standard InChI is InChI=1S/C8H16N4O2S/c1-6(3-9)15(13,14)12-7(2)8-4-10-11-5-8/h4-7,12H,3,9H2,1-2H3,(H,10,11). The van der Waals surface area contributed by atoms with Crippen LogP contribution in [-0.2, 0) is 10.0 Å². The van der Waals surface area contributed by atoms with Crippen LogP contribution in [0.5, 0.6) is 0 Å². The highest BCUT2D eigenvalue weighted by molar-refractivity contribution is 7.90. The summed E-state index contributed by atoms with van der Waals surface area (Å²) in [7, 11) is -3.35. The fourth-order valence-corrected chi connectivity index (χ4v) is 2.17. The quantitative estimate of drug-likeness (QED) is 0.651. The Bertz CT molecular complexity index is 387. The van der Waals surface area contributed by atoms with Gasteiger partial charge in [0.15, 0.2) is 0 Å². The number of hydrogen-bond donors (Lipinski definition) is 3. The van der Waals surface area contributed by atoms with E-state index in [4.69, 9.17) is 5.73 Å². The van der Waals surface area contributed by atoms with E-state index in [1.165, 1.54) is 0 Å². The number of nitrogens with two attached hydrogens (primary N) is 1. The number of sulfonamides is 1. The zero-order valence-electron chi connectivity index (χ0n) is 8.77. The molecule has 0 aliphatic heterocycles. The van der Waals surface area contributed by atoms with Gasteiger partial charge < -0.3 is 5.73 Å². The van der Waals surface area contributed by atoms with E-state index >= 15 is 0 Å². The molecular formula is C8H16N4O2S. The number of rotatable bonds is 5. The van der Waals surface area contributed by atoms with Crippen LogP contribution < -0.4 is 10.5 Å². The first kappa shape index (κ1) is 12.2. The van der Waals surface area contributed by atoms with E-state index in [-0.39, 0.29) is 12.6 Å². The number of nitrogens with one attached hydrogen (secondary N) is 2. The topological polar surface area (TPSA) is 101 Å². The number of aromatic nitrogens is 2. The highest BCUT2D eigenvalue weighted by Gasteiger charge is 2.22. The van der Waals surface area contributed by atoms with Crippen LogP contribution in [-0.4, -0.2) is 30.4 Å². The van der Waals surface area contributed by atoms with E-state index in [0.29, 0.717) is 0 Å². The third-order valence-electron chi connectivity index (χ3n) is 2.22. The molecule has 1 rings (SSSR count). The average molecular weight is 232 g/mol. The maximum atomic E-state index is 11.6. The summed E-state index contributed by atoms with van der Waals surface area (Å²) in [6.07, 6.45) is 3.24. The summed E-state index contributed by atoms with van der Waals surface area (Å²) in [5, 5.41) is 5.79. The lowest BCUT2D eigenvalue weighted by Crippen LogP contribution is -2.38. The van der Waals surface area contributed by atoms with E-state index in [0.717, 1.165) is 5.56 Å². The maximum Gasteiger partial charge on any atom is 0.216 e. The van der Waals surface area contributed by atoms with E-state index in [2.05, 4.69) is 14.9 Å². The predicted octanol–water partition coefficient (Wildman–Crippen LogP) is -0.263. The first-order valence-electron chi connectivity index (χ1n) is 4.67. The third-order valence-corrected chi connectivity index (χ3v) is 4.16. The van der Waals surface area contributed by atoms with Crippen LogP contribution in [0.3, 0.4) is 0 Å². The van der Waals surface area contributed by atoms with Crippen molar-refractivity contribution in [2.45, 2.75) is 25.1 Å². The summed E-state index contributed by atoms with van der Waals surface area (Å²) in [4.78, 5) is 0. The Balaban J connectivity index is 2.70. The molecule has 0 fully saturated rings. The highest BCUT2D eigenvalue weighted by Crippen LogP contribution is 2.12. The van der Waals surface area contributed by atoms with Crippen molar-refractivity contribution in [3.05, 3.63) is 18.0 Å². The third kappa shape index (κ3) is 3.01. The van der Waals surface area contributed by atoms with Crippen molar-refractivity contribution in [2.75, 3.05) is 6.54 Å². The van der Waals surface area contributed by atoms with Crippen molar-refractivity contribution < 1.29 is 8.42 Å². The Morgan fingerprint density at radius 2 is 2.27 bits per heavy atom. The Kier molecular flexibility index (Phi) is 3.83. The van der Waals surface area contributed by atoms with Crippen molar-refractivity contribution in [3.63, 3.8) is 0 Å².